The van der Waals surface area contributed by atoms with Crippen molar-refractivity contribution in [3.8, 4) is 11.5 Å². The molecule has 3 aromatic rings. The summed E-state index contributed by atoms with van der Waals surface area (Å²) in [4.78, 5) is 33.0. The topological polar surface area (TPSA) is 111 Å². The SMILES string of the molecule is CNSc1ccc(C2=CCN3C(=O)c4cc(OC)c(OCc5cccc(CC(=O)OC)n5)cc4NC(OC)C3C2)cc1. The van der Waals surface area contributed by atoms with E-state index in [1.165, 1.54) is 19.8 Å². The van der Waals surface area contributed by atoms with Gasteiger partial charge in [0.05, 0.1) is 49.3 Å². The molecular weight excluding hydrogens is 556 g/mol. The Kier molecular flexibility index (Phi) is 9.31. The Bertz CT molecular complexity index is 1480. The van der Waals surface area contributed by atoms with Crippen molar-refractivity contribution in [1.82, 2.24) is 14.6 Å². The molecule has 2 aromatic carbocycles. The van der Waals surface area contributed by atoms with E-state index in [1.54, 1.807) is 37.3 Å². The molecule has 0 aliphatic carbocycles. The van der Waals surface area contributed by atoms with Gasteiger partial charge in [0.2, 0.25) is 0 Å². The number of pyridine rings is 1. The fourth-order valence-corrected chi connectivity index (χ4v) is 5.69. The predicted octanol–water partition coefficient (Wildman–Crippen LogP) is 4.31. The Balaban J connectivity index is 1.37. The fraction of sp³-hybridized carbons (Fsp3) is 0.323. The lowest BCUT2D eigenvalue weighted by atomic mass is 9.93. The summed E-state index contributed by atoms with van der Waals surface area (Å²) in [6, 6.07) is 17.0. The van der Waals surface area contributed by atoms with E-state index in [0.717, 1.165) is 10.5 Å². The molecule has 10 nitrogen and oxygen atoms in total. The summed E-state index contributed by atoms with van der Waals surface area (Å²) in [6.07, 6.45) is 2.38. The number of nitrogens with one attached hydrogen (secondary N) is 2. The molecule has 11 heteroatoms. The largest absolute Gasteiger partial charge is 0.493 e. The number of carbonyl (C=O) groups excluding carboxylic acids is 2. The molecule has 5 rings (SSSR count). The molecule has 0 saturated heterocycles. The molecule has 0 bridgehead atoms. The summed E-state index contributed by atoms with van der Waals surface area (Å²) >= 11 is 1.57. The van der Waals surface area contributed by atoms with Crippen molar-refractivity contribution in [3.05, 3.63) is 83.2 Å². The molecule has 2 aliphatic heterocycles. The van der Waals surface area contributed by atoms with Crippen molar-refractivity contribution in [1.29, 1.82) is 0 Å². The summed E-state index contributed by atoms with van der Waals surface area (Å²) in [5.74, 6) is 0.399. The Morgan fingerprint density at radius 2 is 1.88 bits per heavy atom. The number of rotatable bonds is 10. The van der Waals surface area contributed by atoms with Gasteiger partial charge in [-0.25, -0.2) is 0 Å². The molecule has 2 aliphatic rings. The average molecular weight is 591 g/mol. The number of fused-ring (bicyclic) bond motifs is 2. The Labute approximate surface area is 249 Å². The van der Waals surface area contributed by atoms with Crippen molar-refractivity contribution < 1.29 is 28.5 Å². The molecule has 2 N–H and O–H groups in total. The van der Waals surface area contributed by atoms with Crippen LogP contribution in [0.3, 0.4) is 0 Å². The number of ether oxygens (including phenoxy) is 4. The first-order valence-electron chi connectivity index (χ1n) is 13.5. The van der Waals surface area contributed by atoms with Gasteiger partial charge in [0, 0.05) is 24.6 Å². The molecule has 0 radical (unpaired) electrons. The summed E-state index contributed by atoms with van der Waals surface area (Å²) in [6.45, 7) is 0.598. The van der Waals surface area contributed by atoms with Gasteiger partial charge in [-0.05, 0) is 66.9 Å². The molecule has 3 heterocycles. The van der Waals surface area contributed by atoms with Gasteiger partial charge >= 0.3 is 5.97 Å². The number of aromatic nitrogens is 1. The highest BCUT2D eigenvalue weighted by molar-refractivity contribution is 7.97. The first kappa shape index (κ1) is 29.4. The van der Waals surface area contributed by atoms with Crippen LogP contribution in [-0.4, -0.2) is 69.0 Å². The standard InChI is InChI=1S/C31H34N4O6S/c1-32-42-23-10-8-19(9-11-23)20-12-13-35-26(14-20)30(40-4)34-25-17-28(27(38-2)16-24(25)31(35)37)41-18-22-7-5-6-21(33-22)15-29(36)39-3/h5-12,16-17,26,30,32,34H,13-15,18H2,1-4H3. The zero-order valence-corrected chi connectivity index (χ0v) is 24.8. The monoisotopic (exact) mass is 590 g/mol. The van der Waals surface area contributed by atoms with E-state index in [4.69, 9.17) is 18.9 Å². The first-order valence-corrected chi connectivity index (χ1v) is 14.4. The van der Waals surface area contributed by atoms with Crippen LogP contribution in [0.4, 0.5) is 5.69 Å². The Morgan fingerprint density at radius 1 is 1.10 bits per heavy atom. The van der Waals surface area contributed by atoms with Crippen molar-refractivity contribution in [2.45, 2.75) is 36.6 Å². The van der Waals surface area contributed by atoms with Crippen LogP contribution in [0.15, 0.2) is 65.6 Å². The third-order valence-electron chi connectivity index (χ3n) is 7.30. The summed E-state index contributed by atoms with van der Waals surface area (Å²) < 4.78 is 25.4. The molecule has 0 fully saturated rings. The lowest BCUT2D eigenvalue weighted by molar-refractivity contribution is -0.139. The minimum Gasteiger partial charge on any atom is -0.493 e. The highest BCUT2D eigenvalue weighted by atomic mass is 32.2. The number of hydrogen-bond acceptors (Lipinski definition) is 10. The second kappa shape index (κ2) is 13.3. The van der Waals surface area contributed by atoms with Crippen molar-refractivity contribution >= 4 is 35.1 Å². The fourth-order valence-electron chi connectivity index (χ4n) is 5.19. The normalized spacial score (nSPS) is 17.8. The lowest BCUT2D eigenvalue weighted by Crippen LogP contribution is -2.50. The Morgan fingerprint density at radius 3 is 2.60 bits per heavy atom. The van der Waals surface area contributed by atoms with Crippen LogP contribution >= 0.6 is 11.9 Å². The number of esters is 1. The number of methoxy groups -OCH3 is 3. The van der Waals surface area contributed by atoms with Gasteiger partial charge in [0.1, 0.15) is 12.8 Å². The molecule has 220 valence electrons. The third-order valence-corrected chi connectivity index (χ3v) is 8.01. The number of carbonyl (C=O) groups is 2. The van der Waals surface area contributed by atoms with Crippen LogP contribution in [0.1, 0.15) is 33.7 Å². The summed E-state index contributed by atoms with van der Waals surface area (Å²) in [5, 5.41) is 3.44. The smallest absolute Gasteiger partial charge is 0.311 e. The van der Waals surface area contributed by atoms with Crippen LogP contribution in [0.25, 0.3) is 5.57 Å². The average Bonchev–Trinajstić information content (AvgIpc) is 3.13. The van der Waals surface area contributed by atoms with Gasteiger partial charge in [-0.1, -0.05) is 24.3 Å². The van der Waals surface area contributed by atoms with E-state index in [9.17, 15) is 9.59 Å². The van der Waals surface area contributed by atoms with Crippen molar-refractivity contribution in [3.63, 3.8) is 0 Å². The number of benzene rings is 2. The van der Waals surface area contributed by atoms with Gasteiger partial charge in [-0.3, -0.25) is 19.3 Å². The van der Waals surface area contributed by atoms with Gasteiger partial charge < -0.3 is 29.2 Å². The second-order valence-corrected chi connectivity index (χ2v) is 10.9. The molecule has 2 unspecified atom stereocenters. The summed E-state index contributed by atoms with van der Waals surface area (Å²) in [5.41, 5.74) is 4.60. The minimum absolute atomic E-state index is 0.0753. The first-order chi connectivity index (χ1) is 20.4. The highest BCUT2D eigenvalue weighted by Gasteiger charge is 2.39. The Hall–Kier alpha value is -4.06. The molecule has 0 spiro atoms. The molecule has 2 atom stereocenters. The van der Waals surface area contributed by atoms with E-state index in [2.05, 4.69) is 45.4 Å². The predicted molar refractivity (Wildman–Crippen MR) is 160 cm³/mol. The molecule has 1 aromatic heterocycles. The van der Waals surface area contributed by atoms with E-state index in [0.29, 0.717) is 47.1 Å². The maximum absolute atomic E-state index is 13.8. The summed E-state index contributed by atoms with van der Waals surface area (Å²) in [7, 11) is 6.42. The minimum atomic E-state index is -0.448. The van der Waals surface area contributed by atoms with Gasteiger partial charge in [-0.2, -0.15) is 0 Å². The van der Waals surface area contributed by atoms with Crippen LogP contribution in [0, 0.1) is 0 Å². The van der Waals surface area contributed by atoms with Crippen LogP contribution in [-0.2, 0) is 27.3 Å². The zero-order chi connectivity index (χ0) is 29.6. The lowest BCUT2D eigenvalue weighted by Gasteiger charge is -2.37. The van der Waals surface area contributed by atoms with Crippen molar-refractivity contribution in [2.24, 2.45) is 0 Å². The van der Waals surface area contributed by atoms with Crippen molar-refractivity contribution in [2.75, 3.05) is 40.2 Å². The molecule has 42 heavy (non-hydrogen) atoms. The van der Waals surface area contributed by atoms with Gasteiger partial charge in [0.15, 0.2) is 11.5 Å². The number of hydrogen-bond donors (Lipinski definition) is 2. The third kappa shape index (κ3) is 6.38. The van der Waals surface area contributed by atoms with Crippen LogP contribution in [0.5, 0.6) is 11.5 Å². The van der Waals surface area contributed by atoms with Crippen LogP contribution < -0.4 is 19.5 Å². The van der Waals surface area contributed by atoms with E-state index in [-0.39, 0.29) is 30.9 Å². The molecular formula is C31H34N4O6S. The maximum atomic E-state index is 13.8. The van der Waals surface area contributed by atoms with E-state index in [1.807, 2.05) is 24.1 Å². The van der Waals surface area contributed by atoms with Gasteiger partial charge in [0.25, 0.3) is 5.91 Å². The van der Waals surface area contributed by atoms with Gasteiger partial charge in [-0.15, -0.1) is 0 Å². The zero-order valence-electron chi connectivity index (χ0n) is 24.0. The maximum Gasteiger partial charge on any atom is 0.311 e. The number of nitrogens with zero attached hydrogens (tertiary/aromatic N) is 2. The van der Waals surface area contributed by atoms with Crippen LogP contribution in [0.2, 0.25) is 0 Å². The number of anilines is 1. The van der Waals surface area contributed by atoms with E-state index < -0.39 is 6.23 Å². The number of amides is 1. The van der Waals surface area contributed by atoms with E-state index >= 15 is 0 Å². The molecule has 1 amide bonds. The molecule has 0 saturated carbocycles. The second-order valence-electron chi connectivity index (χ2n) is 9.80. The highest BCUT2D eigenvalue weighted by Crippen LogP contribution is 2.39. The quantitative estimate of drug-likeness (QED) is 0.262.